The standard InChI is InChI=1S/C16H22N2O2/c1-18-12-11-14(16(18)20)17-15(19)10-6-5-9-13-7-3-2-4-8-13/h2-4,7-8,14H,5-6,9-12H2,1H3,(H,17,19)/t14-/m1/s1. The quantitative estimate of drug-likeness (QED) is 0.803. The maximum Gasteiger partial charge on any atom is 0.244 e. The van der Waals surface area contributed by atoms with Gasteiger partial charge in [0.25, 0.3) is 0 Å². The van der Waals surface area contributed by atoms with E-state index < -0.39 is 0 Å². The van der Waals surface area contributed by atoms with Crippen molar-refractivity contribution in [2.75, 3.05) is 13.6 Å². The van der Waals surface area contributed by atoms with E-state index in [4.69, 9.17) is 0 Å². The second-order valence-corrected chi connectivity index (χ2v) is 5.36. The number of hydrogen-bond donors (Lipinski definition) is 1. The maximum atomic E-state index is 11.8. The van der Waals surface area contributed by atoms with Crippen LogP contribution in [-0.2, 0) is 16.0 Å². The highest BCUT2D eigenvalue weighted by Gasteiger charge is 2.29. The summed E-state index contributed by atoms with van der Waals surface area (Å²) in [6.07, 6.45) is 4.08. The maximum absolute atomic E-state index is 11.8. The van der Waals surface area contributed by atoms with Crippen LogP contribution in [0.4, 0.5) is 0 Å². The molecular formula is C16H22N2O2. The third kappa shape index (κ3) is 4.08. The van der Waals surface area contributed by atoms with Gasteiger partial charge in [0.2, 0.25) is 11.8 Å². The Morgan fingerprint density at radius 2 is 2.05 bits per heavy atom. The van der Waals surface area contributed by atoms with Crippen LogP contribution in [0.5, 0.6) is 0 Å². The number of rotatable bonds is 6. The Morgan fingerprint density at radius 1 is 1.30 bits per heavy atom. The topological polar surface area (TPSA) is 49.4 Å². The van der Waals surface area contributed by atoms with E-state index in [0.29, 0.717) is 6.42 Å². The Labute approximate surface area is 120 Å². The van der Waals surface area contributed by atoms with Crippen LogP contribution in [0.3, 0.4) is 0 Å². The number of carbonyl (C=O) groups excluding carboxylic acids is 2. The van der Waals surface area contributed by atoms with E-state index in [1.165, 1.54) is 5.56 Å². The van der Waals surface area contributed by atoms with Gasteiger partial charge in [-0.05, 0) is 31.2 Å². The number of likely N-dealkylation sites (N-methyl/N-ethyl adjacent to an activating group) is 1. The van der Waals surface area contributed by atoms with Gasteiger partial charge in [-0.25, -0.2) is 0 Å². The molecule has 0 saturated carbocycles. The van der Waals surface area contributed by atoms with Gasteiger partial charge < -0.3 is 10.2 Å². The van der Waals surface area contributed by atoms with Crippen molar-refractivity contribution in [3.05, 3.63) is 35.9 Å². The summed E-state index contributed by atoms with van der Waals surface area (Å²) in [6, 6.07) is 9.97. The molecule has 1 aromatic carbocycles. The van der Waals surface area contributed by atoms with Gasteiger partial charge in [0.15, 0.2) is 0 Å². The van der Waals surface area contributed by atoms with Crippen LogP contribution in [0.1, 0.15) is 31.2 Å². The number of nitrogens with zero attached hydrogens (tertiary/aromatic N) is 1. The normalized spacial score (nSPS) is 18.4. The minimum atomic E-state index is -0.304. The lowest BCUT2D eigenvalue weighted by molar-refractivity contribution is -0.131. The first-order chi connectivity index (χ1) is 9.66. The molecule has 4 heteroatoms. The predicted molar refractivity (Wildman–Crippen MR) is 78.2 cm³/mol. The average Bonchev–Trinajstić information content (AvgIpc) is 2.77. The van der Waals surface area contributed by atoms with E-state index in [-0.39, 0.29) is 17.9 Å². The molecule has 1 aliphatic rings. The van der Waals surface area contributed by atoms with Gasteiger partial charge in [0.1, 0.15) is 6.04 Å². The molecule has 1 aromatic rings. The lowest BCUT2D eigenvalue weighted by Crippen LogP contribution is -2.40. The highest BCUT2D eigenvalue weighted by atomic mass is 16.2. The molecule has 2 rings (SSSR count). The zero-order valence-corrected chi connectivity index (χ0v) is 12.0. The summed E-state index contributed by atoms with van der Waals surface area (Å²) in [5, 5.41) is 2.83. The molecule has 1 atom stereocenters. The molecule has 1 saturated heterocycles. The second-order valence-electron chi connectivity index (χ2n) is 5.36. The molecule has 1 aliphatic heterocycles. The number of likely N-dealkylation sites (tertiary alicyclic amines) is 1. The number of hydrogen-bond acceptors (Lipinski definition) is 2. The van der Waals surface area contributed by atoms with Crippen molar-refractivity contribution in [2.24, 2.45) is 0 Å². The Balaban J connectivity index is 1.62. The Bertz CT molecular complexity index is 459. The van der Waals surface area contributed by atoms with Crippen LogP contribution in [-0.4, -0.2) is 36.3 Å². The van der Waals surface area contributed by atoms with E-state index >= 15 is 0 Å². The van der Waals surface area contributed by atoms with Crippen molar-refractivity contribution in [3.63, 3.8) is 0 Å². The molecule has 108 valence electrons. The number of amides is 2. The van der Waals surface area contributed by atoms with Crippen LogP contribution in [0.15, 0.2) is 30.3 Å². The molecule has 1 fully saturated rings. The van der Waals surface area contributed by atoms with Gasteiger partial charge in [-0.1, -0.05) is 30.3 Å². The number of carbonyl (C=O) groups is 2. The SMILES string of the molecule is CN1CC[C@@H](NC(=O)CCCCc2ccccc2)C1=O. The third-order valence-electron chi connectivity index (χ3n) is 3.72. The number of unbranched alkanes of at least 4 members (excludes halogenated alkanes) is 1. The van der Waals surface area contributed by atoms with Gasteiger partial charge in [0, 0.05) is 20.0 Å². The molecule has 4 nitrogen and oxygen atoms in total. The monoisotopic (exact) mass is 274 g/mol. The van der Waals surface area contributed by atoms with Crippen LogP contribution in [0.25, 0.3) is 0 Å². The van der Waals surface area contributed by atoms with Crippen molar-refractivity contribution in [1.29, 1.82) is 0 Å². The van der Waals surface area contributed by atoms with Gasteiger partial charge in [0.05, 0.1) is 0 Å². The zero-order chi connectivity index (χ0) is 14.4. The summed E-state index contributed by atoms with van der Waals surface area (Å²) >= 11 is 0. The van der Waals surface area contributed by atoms with E-state index in [2.05, 4.69) is 17.4 Å². The lowest BCUT2D eigenvalue weighted by Gasteiger charge is -2.12. The lowest BCUT2D eigenvalue weighted by atomic mass is 10.1. The summed E-state index contributed by atoms with van der Waals surface area (Å²) in [6.45, 7) is 0.734. The van der Waals surface area contributed by atoms with Crippen molar-refractivity contribution in [1.82, 2.24) is 10.2 Å². The fraction of sp³-hybridized carbons (Fsp3) is 0.500. The first-order valence-corrected chi connectivity index (χ1v) is 7.25. The predicted octanol–water partition coefficient (Wildman–Crippen LogP) is 1.75. The van der Waals surface area contributed by atoms with E-state index in [9.17, 15) is 9.59 Å². The Morgan fingerprint density at radius 3 is 2.70 bits per heavy atom. The van der Waals surface area contributed by atoms with Crippen LogP contribution in [0, 0.1) is 0 Å². The Hall–Kier alpha value is -1.84. The Kier molecular flexibility index (Phi) is 5.16. The zero-order valence-electron chi connectivity index (χ0n) is 12.0. The molecule has 0 aromatic heterocycles. The molecule has 2 amide bonds. The van der Waals surface area contributed by atoms with Gasteiger partial charge >= 0.3 is 0 Å². The minimum absolute atomic E-state index is 0.00767. The first kappa shape index (κ1) is 14.6. The first-order valence-electron chi connectivity index (χ1n) is 7.25. The van der Waals surface area contributed by atoms with E-state index in [1.807, 2.05) is 18.2 Å². The van der Waals surface area contributed by atoms with Gasteiger partial charge in [-0.2, -0.15) is 0 Å². The summed E-state index contributed by atoms with van der Waals surface area (Å²) in [7, 11) is 1.77. The van der Waals surface area contributed by atoms with Gasteiger partial charge in [-0.3, -0.25) is 9.59 Å². The van der Waals surface area contributed by atoms with Crippen LogP contribution < -0.4 is 5.32 Å². The summed E-state index contributed by atoms with van der Waals surface area (Å²) in [4.78, 5) is 25.1. The molecule has 20 heavy (non-hydrogen) atoms. The molecule has 0 unspecified atom stereocenters. The molecule has 0 spiro atoms. The van der Waals surface area contributed by atoms with E-state index in [1.54, 1.807) is 11.9 Å². The van der Waals surface area contributed by atoms with Crippen molar-refractivity contribution >= 4 is 11.8 Å². The van der Waals surface area contributed by atoms with E-state index in [0.717, 1.165) is 32.2 Å². The van der Waals surface area contributed by atoms with Crippen molar-refractivity contribution in [2.45, 2.75) is 38.1 Å². The minimum Gasteiger partial charge on any atom is -0.344 e. The summed E-state index contributed by atoms with van der Waals surface area (Å²) in [5.74, 6) is 0.0225. The largest absolute Gasteiger partial charge is 0.344 e. The smallest absolute Gasteiger partial charge is 0.244 e. The summed E-state index contributed by atoms with van der Waals surface area (Å²) < 4.78 is 0. The number of aryl methyl sites for hydroxylation is 1. The molecule has 1 N–H and O–H groups in total. The summed E-state index contributed by atoms with van der Waals surface area (Å²) in [5.41, 5.74) is 1.31. The fourth-order valence-electron chi connectivity index (χ4n) is 2.48. The van der Waals surface area contributed by atoms with Crippen molar-refractivity contribution in [3.8, 4) is 0 Å². The highest BCUT2D eigenvalue weighted by Crippen LogP contribution is 2.10. The van der Waals surface area contributed by atoms with Crippen LogP contribution in [0.2, 0.25) is 0 Å². The second kappa shape index (κ2) is 7.08. The fourth-order valence-corrected chi connectivity index (χ4v) is 2.48. The average molecular weight is 274 g/mol. The van der Waals surface area contributed by atoms with Crippen molar-refractivity contribution < 1.29 is 9.59 Å². The molecular weight excluding hydrogens is 252 g/mol. The molecule has 0 aliphatic carbocycles. The molecule has 0 radical (unpaired) electrons. The molecule has 0 bridgehead atoms. The third-order valence-corrected chi connectivity index (χ3v) is 3.72. The molecule has 1 heterocycles. The highest BCUT2D eigenvalue weighted by molar-refractivity contribution is 5.88. The number of nitrogens with one attached hydrogen (secondary N) is 1. The van der Waals surface area contributed by atoms with Crippen LogP contribution >= 0.6 is 0 Å². The van der Waals surface area contributed by atoms with Gasteiger partial charge in [-0.15, -0.1) is 0 Å². The number of benzene rings is 1.